The predicted molar refractivity (Wildman–Crippen MR) is 94.7 cm³/mol. The van der Waals surface area contributed by atoms with Gasteiger partial charge in [-0.25, -0.2) is 0 Å². The molecule has 2 saturated heterocycles. The van der Waals surface area contributed by atoms with Gasteiger partial charge in [0.2, 0.25) is 0 Å². The fraction of sp³-hybridized carbons (Fsp3) is 0.500. The van der Waals surface area contributed by atoms with Crippen LogP contribution in [0.25, 0.3) is 0 Å². The van der Waals surface area contributed by atoms with Crippen LogP contribution in [0.2, 0.25) is 0 Å². The predicted octanol–water partition coefficient (Wildman–Crippen LogP) is 2.96. The van der Waals surface area contributed by atoms with Crippen LogP contribution in [0.3, 0.4) is 0 Å². The average Bonchev–Trinajstić information content (AvgIpc) is 3.31. The molecule has 2 aliphatic rings. The van der Waals surface area contributed by atoms with Crippen LogP contribution in [0.5, 0.6) is 0 Å². The van der Waals surface area contributed by atoms with E-state index < -0.39 is 5.60 Å². The van der Waals surface area contributed by atoms with Crippen LogP contribution in [-0.2, 0) is 16.1 Å². The molecule has 2 atom stereocenters. The number of rotatable bonds is 4. The van der Waals surface area contributed by atoms with Crippen molar-refractivity contribution in [2.24, 2.45) is 0 Å². The number of carbonyl (C=O) groups excluding carboxylic acids is 1. The second kappa shape index (κ2) is 7.21. The van der Waals surface area contributed by atoms with Crippen LogP contribution in [0.4, 0.5) is 0 Å². The summed E-state index contributed by atoms with van der Waals surface area (Å²) >= 11 is 0. The minimum Gasteiger partial charge on any atom is -0.370 e. The van der Waals surface area contributed by atoms with E-state index in [1.165, 1.54) is 0 Å². The summed E-state index contributed by atoms with van der Waals surface area (Å²) < 4.78 is 17.4. The van der Waals surface area contributed by atoms with Crippen LogP contribution in [0.1, 0.15) is 41.1 Å². The number of amides is 1. The first-order chi connectivity index (χ1) is 12.7. The first-order valence-corrected chi connectivity index (χ1v) is 9.18. The van der Waals surface area contributed by atoms with E-state index in [9.17, 15) is 4.79 Å². The SMILES string of the molecule is Cc1cc(C(=O)N2CC[C@H](OCc3ccccc3)[C@]3(CCCO3)C2)no1. The molecule has 0 bridgehead atoms. The minimum absolute atomic E-state index is 0.00620. The average molecular weight is 356 g/mol. The first-order valence-electron chi connectivity index (χ1n) is 9.18. The van der Waals surface area contributed by atoms with Gasteiger partial charge in [0, 0.05) is 19.2 Å². The number of ether oxygens (including phenoxy) is 2. The lowest BCUT2D eigenvalue weighted by Crippen LogP contribution is -2.58. The molecule has 1 amide bonds. The molecule has 0 N–H and O–H groups in total. The molecule has 1 spiro atoms. The van der Waals surface area contributed by atoms with E-state index in [0.717, 1.165) is 31.4 Å². The quantitative estimate of drug-likeness (QED) is 0.843. The molecule has 6 heteroatoms. The van der Waals surface area contributed by atoms with E-state index in [4.69, 9.17) is 14.0 Å². The molecule has 2 aromatic rings. The normalized spacial score (nSPS) is 25.7. The second-order valence-electron chi connectivity index (χ2n) is 7.14. The maximum Gasteiger partial charge on any atom is 0.276 e. The molecule has 0 radical (unpaired) electrons. The van der Waals surface area contributed by atoms with Crippen molar-refractivity contribution < 1.29 is 18.8 Å². The number of nitrogens with zero attached hydrogens (tertiary/aromatic N) is 2. The highest BCUT2D eigenvalue weighted by Gasteiger charge is 2.48. The van der Waals surface area contributed by atoms with E-state index >= 15 is 0 Å². The number of piperidine rings is 1. The fourth-order valence-corrected chi connectivity index (χ4v) is 3.95. The second-order valence-corrected chi connectivity index (χ2v) is 7.14. The van der Waals surface area contributed by atoms with Crippen LogP contribution < -0.4 is 0 Å². The van der Waals surface area contributed by atoms with E-state index in [2.05, 4.69) is 17.3 Å². The van der Waals surface area contributed by atoms with Gasteiger partial charge in [-0.05, 0) is 31.7 Å². The molecule has 26 heavy (non-hydrogen) atoms. The van der Waals surface area contributed by atoms with Crippen molar-refractivity contribution in [1.82, 2.24) is 10.1 Å². The Balaban J connectivity index is 1.46. The zero-order valence-electron chi connectivity index (χ0n) is 15.0. The monoisotopic (exact) mass is 356 g/mol. The Morgan fingerprint density at radius 2 is 2.23 bits per heavy atom. The molecular formula is C20H24N2O4. The largest absolute Gasteiger partial charge is 0.370 e. The summed E-state index contributed by atoms with van der Waals surface area (Å²) in [6.45, 7) is 4.24. The van der Waals surface area contributed by atoms with Crippen LogP contribution in [0.15, 0.2) is 40.9 Å². The summed E-state index contributed by atoms with van der Waals surface area (Å²) in [7, 11) is 0. The third kappa shape index (κ3) is 3.39. The molecule has 3 heterocycles. The Hall–Kier alpha value is -2.18. The molecule has 138 valence electrons. The smallest absolute Gasteiger partial charge is 0.276 e. The summed E-state index contributed by atoms with van der Waals surface area (Å²) in [6, 6.07) is 11.8. The number of aryl methyl sites for hydroxylation is 1. The maximum absolute atomic E-state index is 12.7. The van der Waals surface area contributed by atoms with Gasteiger partial charge in [0.1, 0.15) is 11.4 Å². The standard InChI is InChI=1S/C20H24N2O4/c1-15-12-17(21-26-15)19(23)22-10-8-18(20(14-22)9-5-11-25-20)24-13-16-6-3-2-4-7-16/h2-4,6-7,12,18H,5,8-11,13-14H2,1H3/t18-,20-/m0/s1. The zero-order valence-corrected chi connectivity index (χ0v) is 15.0. The van der Waals surface area contributed by atoms with Crippen molar-refractivity contribution in [1.29, 1.82) is 0 Å². The molecule has 0 saturated carbocycles. The lowest BCUT2D eigenvalue weighted by molar-refractivity contribution is -0.153. The number of hydrogen-bond acceptors (Lipinski definition) is 5. The molecule has 2 aliphatic heterocycles. The van der Waals surface area contributed by atoms with Gasteiger partial charge in [0.15, 0.2) is 5.69 Å². The van der Waals surface area contributed by atoms with E-state index in [0.29, 0.717) is 31.2 Å². The summed E-state index contributed by atoms with van der Waals surface area (Å²) in [4.78, 5) is 14.6. The molecular weight excluding hydrogens is 332 g/mol. The van der Waals surface area contributed by atoms with E-state index in [-0.39, 0.29) is 12.0 Å². The van der Waals surface area contributed by atoms with Gasteiger partial charge in [-0.3, -0.25) is 4.79 Å². The molecule has 0 aliphatic carbocycles. The van der Waals surface area contributed by atoms with E-state index in [1.54, 1.807) is 13.0 Å². The van der Waals surface area contributed by atoms with Crippen molar-refractivity contribution in [2.45, 2.75) is 44.5 Å². The van der Waals surface area contributed by atoms with Gasteiger partial charge in [-0.2, -0.15) is 0 Å². The molecule has 4 rings (SSSR count). The number of hydrogen-bond donors (Lipinski definition) is 0. The fourth-order valence-electron chi connectivity index (χ4n) is 3.95. The summed E-state index contributed by atoms with van der Waals surface area (Å²) in [5.74, 6) is 0.541. The Labute approximate surface area is 153 Å². The zero-order chi connectivity index (χ0) is 18.0. The maximum atomic E-state index is 12.7. The Kier molecular flexibility index (Phi) is 4.78. The number of carbonyl (C=O) groups is 1. The Bertz CT molecular complexity index is 752. The highest BCUT2D eigenvalue weighted by molar-refractivity contribution is 5.92. The van der Waals surface area contributed by atoms with Gasteiger partial charge in [0.05, 0.1) is 19.3 Å². The number of likely N-dealkylation sites (tertiary alicyclic amines) is 1. The van der Waals surface area contributed by atoms with Gasteiger partial charge in [0.25, 0.3) is 5.91 Å². The number of aromatic nitrogens is 1. The molecule has 1 aromatic heterocycles. The highest BCUT2D eigenvalue weighted by Crippen LogP contribution is 2.37. The minimum atomic E-state index is -0.415. The summed E-state index contributed by atoms with van der Waals surface area (Å²) in [6.07, 6.45) is 2.66. The lowest BCUT2D eigenvalue weighted by atomic mass is 9.86. The van der Waals surface area contributed by atoms with Gasteiger partial charge in [-0.1, -0.05) is 35.5 Å². The van der Waals surface area contributed by atoms with Gasteiger partial charge in [-0.15, -0.1) is 0 Å². The van der Waals surface area contributed by atoms with Crippen LogP contribution in [-0.4, -0.2) is 47.4 Å². The van der Waals surface area contributed by atoms with E-state index in [1.807, 2.05) is 23.1 Å². The molecule has 0 unspecified atom stereocenters. The Morgan fingerprint density at radius 3 is 2.92 bits per heavy atom. The number of benzene rings is 1. The van der Waals surface area contributed by atoms with Gasteiger partial charge >= 0.3 is 0 Å². The van der Waals surface area contributed by atoms with Crippen molar-refractivity contribution in [2.75, 3.05) is 19.7 Å². The van der Waals surface area contributed by atoms with Crippen LogP contribution >= 0.6 is 0 Å². The first kappa shape index (κ1) is 17.2. The van der Waals surface area contributed by atoms with Crippen molar-refractivity contribution in [3.8, 4) is 0 Å². The van der Waals surface area contributed by atoms with Gasteiger partial charge < -0.3 is 18.9 Å². The topological polar surface area (TPSA) is 64.8 Å². The molecule has 1 aromatic carbocycles. The van der Waals surface area contributed by atoms with Crippen molar-refractivity contribution in [3.05, 3.63) is 53.4 Å². The van der Waals surface area contributed by atoms with Crippen LogP contribution in [0, 0.1) is 6.92 Å². The molecule has 6 nitrogen and oxygen atoms in total. The third-order valence-electron chi connectivity index (χ3n) is 5.27. The summed E-state index contributed by atoms with van der Waals surface area (Å²) in [5.41, 5.74) is 1.10. The third-order valence-corrected chi connectivity index (χ3v) is 5.27. The molecule has 2 fully saturated rings. The Morgan fingerprint density at radius 1 is 1.38 bits per heavy atom. The van der Waals surface area contributed by atoms with Crippen molar-refractivity contribution in [3.63, 3.8) is 0 Å². The summed E-state index contributed by atoms with van der Waals surface area (Å²) in [5, 5.41) is 3.86. The van der Waals surface area contributed by atoms with Crippen molar-refractivity contribution >= 4 is 5.91 Å². The highest BCUT2D eigenvalue weighted by atomic mass is 16.6. The lowest BCUT2D eigenvalue weighted by Gasteiger charge is -2.45.